The van der Waals surface area contributed by atoms with Gasteiger partial charge in [-0.1, -0.05) is 43.7 Å². The zero-order valence-corrected chi connectivity index (χ0v) is 11.5. The largest absolute Gasteiger partial charge is 0.330 e. The molecule has 1 aromatic heterocycles. The van der Waals surface area contributed by atoms with Gasteiger partial charge in [-0.25, -0.2) is 0 Å². The van der Waals surface area contributed by atoms with Crippen molar-refractivity contribution in [1.29, 1.82) is 0 Å². The Kier molecular flexibility index (Phi) is 3.36. The monoisotopic (exact) mass is 245 g/mol. The molecular formula is C15H19NS. The highest BCUT2D eigenvalue weighted by molar-refractivity contribution is 7.15. The van der Waals surface area contributed by atoms with Gasteiger partial charge < -0.3 is 5.73 Å². The smallest absolute Gasteiger partial charge is 0.0345 e. The lowest BCUT2D eigenvalue weighted by atomic mass is 9.92. The molecule has 0 aliphatic heterocycles. The van der Waals surface area contributed by atoms with Crippen LogP contribution in [0.1, 0.15) is 24.3 Å². The fraction of sp³-hybridized carbons (Fsp3) is 0.333. The highest BCUT2D eigenvalue weighted by atomic mass is 32.1. The third-order valence-electron chi connectivity index (χ3n) is 3.09. The third-order valence-corrected chi connectivity index (χ3v) is 4.59. The fourth-order valence-corrected chi connectivity index (χ4v) is 2.87. The molecule has 0 aliphatic carbocycles. The van der Waals surface area contributed by atoms with Gasteiger partial charge in [0.15, 0.2) is 0 Å². The summed E-state index contributed by atoms with van der Waals surface area (Å²) in [6.07, 6.45) is 0. The first kappa shape index (κ1) is 12.3. The second-order valence-electron chi connectivity index (χ2n) is 5.12. The van der Waals surface area contributed by atoms with Crippen LogP contribution in [0.25, 0.3) is 10.4 Å². The quantitative estimate of drug-likeness (QED) is 0.870. The highest BCUT2D eigenvalue weighted by Gasteiger charge is 2.20. The van der Waals surface area contributed by atoms with Crippen molar-refractivity contribution >= 4 is 11.3 Å². The van der Waals surface area contributed by atoms with Crippen LogP contribution >= 0.6 is 11.3 Å². The maximum absolute atomic E-state index is 5.82. The summed E-state index contributed by atoms with van der Waals surface area (Å²) < 4.78 is 0. The standard InChI is InChI=1S/C15H19NS/c1-11-5-4-6-12(9-11)13-7-8-14(17-13)15(2,3)10-16/h4-9H,10,16H2,1-3H3. The average molecular weight is 245 g/mol. The Balaban J connectivity index is 2.36. The molecule has 0 fully saturated rings. The first-order valence-electron chi connectivity index (χ1n) is 5.90. The van der Waals surface area contributed by atoms with Gasteiger partial charge >= 0.3 is 0 Å². The summed E-state index contributed by atoms with van der Waals surface area (Å²) in [4.78, 5) is 2.68. The first-order chi connectivity index (χ1) is 8.03. The Morgan fingerprint density at radius 2 is 1.94 bits per heavy atom. The van der Waals surface area contributed by atoms with Crippen molar-refractivity contribution in [3.8, 4) is 10.4 Å². The summed E-state index contributed by atoms with van der Waals surface area (Å²) in [5.41, 5.74) is 8.49. The van der Waals surface area contributed by atoms with Crippen LogP contribution in [0.3, 0.4) is 0 Å². The number of rotatable bonds is 3. The average Bonchev–Trinajstić information content (AvgIpc) is 2.79. The molecule has 0 spiro atoms. The maximum atomic E-state index is 5.82. The third kappa shape index (κ3) is 2.59. The van der Waals surface area contributed by atoms with E-state index < -0.39 is 0 Å². The summed E-state index contributed by atoms with van der Waals surface area (Å²) >= 11 is 1.85. The van der Waals surface area contributed by atoms with Crippen LogP contribution in [0.15, 0.2) is 36.4 Å². The van der Waals surface area contributed by atoms with Crippen LogP contribution in [-0.2, 0) is 5.41 Å². The number of hydrogen-bond acceptors (Lipinski definition) is 2. The van der Waals surface area contributed by atoms with Gasteiger partial charge in [0.2, 0.25) is 0 Å². The molecule has 0 bridgehead atoms. The first-order valence-corrected chi connectivity index (χ1v) is 6.72. The molecule has 0 aliphatic rings. The van der Waals surface area contributed by atoms with E-state index in [0.717, 1.165) is 0 Å². The van der Waals surface area contributed by atoms with Crippen molar-refractivity contribution in [2.24, 2.45) is 5.73 Å². The zero-order chi connectivity index (χ0) is 12.5. The van der Waals surface area contributed by atoms with Gasteiger partial charge in [-0.2, -0.15) is 0 Å². The fourth-order valence-electron chi connectivity index (χ4n) is 1.76. The predicted molar refractivity (Wildman–Crippen MR) is 76.6 cm³/mol. The molecule has 0 unspecified atom stereocenters. The molecule has 2 N–H and O–H groups in total. The van der Waals surface area contributed by atoms with Crippen LogP contribution in [0, 0.1) is 6.92 Å². The summed E-state index contributed by atoms with van der Waals surface area (Å²) in [6.45, 7) is 7.19. The summed E-state index contributed by atoms with van der Waals surface area (Å²) in [5.74, 6) is 0. The SMILES string of the molecule is Cc1cccc(-c2ccc(C(C)(C)CN)s2)c1. The van der Waals surface area contributed by atoms with Crippen LogP contribution in [0.2, 0.25) is 0 Å². The van der Waals surface area contributed by atoms with E-state index in [1.807, 2.05) is 11.3 Å². The van der Waals surface area contributed by atoms with Crippen molar-refractivity contribution < 1.29 is 0 Å². The predicted octanol–water partition coefficient (Wildman–Crippen LogP) is 3.96. The summed E-state index contributed by atoms with van der Waals surface area (Å²) in [5, 5.41) is 0. The Hall–Kier alpha value is -1.12. The lowest BCUT2D eigenvalue weighted by Crippen LogP contribution is -2.26. The normalized spacial score (nSPS) is 11.8. The molecule has 1 aromatic carbocycles. The molecule has 17 heavy (non-hydrogen) atoms. The lowest BCUT2D eigenvalue weighted by Gasteiger charge is -2.20. The van der Waals surface area contributed by atoms with E-state index in [-0.39, 0.29) is 5.41 Å². The van der Waals surface area contributed by atoms with Crippen molar-refractivity contribution in [1.82, 2.24) is 0 Å². The van der Waals surface area contributed by atoms with Gasteiger partial charge in [-0.15, -0.1) is 11.3 Å². The maximum Gasteiger partial charge on any atom is 0.0345 e. The number of nitrogens with two attached hydrogens (primary N) is 1. The van der Waals surface area contributed by atoms with E-state index in [2.05, 4.69) is 57.2 Å². The van der Waals surface area contributed by atoms with Crippen LogP contribution < -0.4 is 5.73 Å². The van der Waals surface area contributed by atoms with Crippen LogP contribution in [0.5, 0.6) is 0 Å². The number of thiophene rings is 1. The van der Waals surface area contributed by atoms with Crippen molar-refractivity contribution in [2.45, 2.75) is 26.2 Å². The van der Waals surface area contributed by atoms with E-state index in [1.54, 1.807) is 0 Å². The van der Waals surface area contributed by atoms with E-state index in [4.69, 9.17) is 5.73 Å². The van der Waals surface area contributed by atoms with Gasteiger partial charge in [0, 0.05) is 21.7 Å². The molecule has 2 aromatic rings. The van der Waals surface area contributed by atoms with Crippen LogP contribution in [0.4, 0.5) is 0 Å². The van der Waals surface area contributed by atoms with Gasteiger partial charge in [0.25, 0.3) is 0 Å². The molecular weight excluding hydrogens is 226 g/mol. The second-order valence-corrected chi connectivity index (χ2v) is 6.21. The Morgan fingerprint density at radius 3 is 2.59 bits per heavy atom. The molecule has 2 heteroatoms. The molecule has 2 rings (SSSR count). The Morgan fingerprint density at radius 1 is 1.18 bits per heavy atom. The Bertz CT molecular complexity index is 511. The molecule has 0 saturated carbocycles. The molecule has 1 nitrogen and oxygen atoms in total. The molecule has 0 amide bonds. The van der Waals surface area contributed by atoms with E-state index >= 15 is 0 Å². The highest BCUT2D eigenvalue weighted by Crippen LogP contribution is 2.34. The zero-order valence-electron chi connectivity index (χ0n) is 10.7. The number of benzene rings is 1. The van der Waals surface area contributed by atoms with Gasteiger partial charge in [0.1, 0.15) is 0 Å². The lowest BCUT2D eigenvalue weighted by molar-refractivity contribution is 0.550. The van der Waals surface area contributed by atoms with E-state index in [0.29, 0.717) is 6.54 Å². The number of aryl methyl sites for hydroxylation is 1. The van der Waals surface area contributed by atoms with E-state index in [1.165, 1.54) is 20.9 Å². The van der Waals surface area contributed by atoms with Crippen molar-refractivity contribution in [2.75, 3.05) is 6.54 Å². The minimum Gasteiger partial charge on any atom is -0.330 e. The van der Waals surface area contributed by atoms with Gasteiger partial charge in [0.05, 0.1) is 0 Å². The molecule has 0 atom stereocenters. The Labute approximate surface area is 107 Å². The van der Waals surface area contributed by atoms with Crippen LogP contribution in [-0.4, -0.2) is 6.54 Å². The van der Waals surface area contributed by atoms with E-state index in [9.17, 15) is 0 Å². The molecule has 0 radical (unpaired) electrons. The second kappa shape index (κ2) is 4.63. The minimum atomic E-state index is 0.0761. The minimum absolute atomic E-state index is 0.0761. The summed E-state index contributed by atoms with van der Waals surface area (Å²) in [7, 11) is 0. The van der Waals surface area contributed by atoms with Gasteiger partial charge in [-0.05, 0) is 24.6 Å². The summed E-state index contributed by atoms with van der Waals surface area (Å²) in [6, 6.07) is 13.0. The topological polar surface area (TPSA) is 26.0 Å². The number of hydrogen-bond donors (Lipinski definition) is 1. The van der Waals surface area contributed by atoms with Crippen molar-refractivity contribution in [3.63, 3.8) is 0 Å². The van der Waals surface area contributed by atoms with Gasteiger partial charge in [-0.3, -0.25) is 0 Å². The molecule has 1 heterocycles. The van der Waals surface area contributed by atoms with Crippen molar-refractivity contribution in [3.05, 3.63) is 46.8 Å². The molecule has 90 valence electrons. The molecule has 0 saturated heterocycles.